The molecule has 140 valence electrons. The highest BCUT2D eigenvalue weighted by atomic mass is 16.5. The Morgan fingerprint density at radius 1 is 1.19 bits per heavy atom. The molecule has 1 amide bonds. The van der Waals surface area contributed by atoms with Gasteiger partial charge in [0.2, 0.25) is 0 Å². The quantitative estimate of drug-likeness (QED) is 0.618. The third kappa shape index (κ3) is 3.32. The van der Waals surface area contributed by atoms with Gasteiger partial charge in [0.15, 0.2) is 11.5 Å². The van der Waals surface area contributed by atoms with Crippen LogP contribution in [-0.2, 0) is 4.79 Å². The highest BCUT2D eigenvalue weighted by molar-refractivity contribution is 5.93. The third-order valence-electron chi connectivity index (χ3n) is 6.29. The van der Waals surface area contributed by atoms with Crippen LogP contribution in [0, 0.1) is 11.8 Å². The summed E-state index contributed by atoms with van der Waals surface area (Å²) in [6.45, 7) is 0. The minimum absolute atomic E-state index is 0.310. The molecule has 0 aliphatic heterocycles. The van der Waals surface area contributed by atoms with Crippen LogP contribution in [-0.4, -0.2) is 24.3 Å². The van der Waals surface area contributed by atoms with Crippen LogP contribution in [0.5, 0.6) is 11.5 Å². The van der Waals surface area contributed by atoms with Gasteiger partial charge in [0, 0.05) is 5.57 Å². The number of ether oxygens (including phenoxy) is 2. The standard InChI is InChI=1S/C21H27NO4/c1-25-19-7-6-13(12-20(19)26-18-4-2-3-5-18)14-8-15-10-17(21(23)22-24)11-16(15)9-14/h6-7,10,12,14-16,18,24H,2-5,8-9,11H2,1H3,(H,22,23)/t14-,15+,16-/m0/s1. The van der Waals surface area contributed by atoms with Crippen molar-refractivity contribution in [2.45, 2.75) is 57.0 Å². The van der Waals surface area contributed by atoms with E-state index in [2.05, 4.69) is 18.2 Å². The fourth-order valence-electron chi connectivity index (χ4n) is 4.94. The predicted molar refractivity (Wildman–Crippen MR) is 97.5 cm³/mol. The molecule has 5 nitrogen and oxygen atoms in total. The van der Waals surface area contributed by atoms with Crippen molar-refractivity contribution in [2.24, 2.45) is 11.8 Å². The Morgan fingerprint density at radius 2 is 2.00 bits per heavy atom. The number of methoxy groups -OCH3 is 1. The fraction of sp³-hybridized carbons (Fsp3) is 0.571. The van der Waals surface area contributed by atoms with Gasteiger partial charge in [-0.1, -0.05) is 12.1 Å². The van der Waals surface area contributed by atoms with Crippen molar-refractivity contribution in [1.82, 2.24) is 5.48 Å². The number of hydrogen-bond donors (Lipinski definition) is 2. The average Bonchev–Trinajstić information content (AvgIpc) is 3.37. The van der Waals surface area contributed by atoms with Crippen molar-refractivity contribution in [3.63, 3.8) is 0 Å². The van der Waals surface area contributed by atoms with Gasteiger partial charge in [-0.3, -0.25) is 10.0 Å². The van der Waals surface area contributed by atoms with Crippen LogP contribution in [0.3, 0.4) is 0 Å². The molecule has 3 atom stereocenters. The second kappa shape index (κ2) is 7.31. The number of benzene rings is 1. The zero-order chi connectivity index (χ0) is 18.1. The zero-order valence-electron chi connectivity index (χ0n) is 15.2. The molecule has 0 radical (unpaired) electrons. The normalized spacial score (nSPS) is 27.9. The van der Waals surface area contributed by atoms with E-state index in [-0.39, 0.29) is 5.91 Å². The molecule has 1 aromatic rings. The smallest absolute Gasteiger partial charge is 0.270 e. The van der Waals surface area contributed by atoms with E-state index in [0.29, 0.717) is 23.9 Å². The maximum Gasteiger partial charge on any atom is 0.270 e. The molecule has 0 heterocycles. The molecule has 0 aromatic heterocycles. The molecule has 1 aromatic carbocycles. The molecule has 0 unspecified atom stereocenters. The highest BCUT2D eigenvalue weighted by Crippen LogP contribution is 2.50. The SMILES string of the molecule is COc1ccc([C@@H]2C[C@H]3CC(C(=O)NO)=C[C@H]3C2)cc1OC1CCCC1. The maximum absolute atomic E-state index is 11.6. The lowest BCUT2D eigenvalue weighted by Gasteiger charge is -2.19. The lowest BCUT2D eigenvalue weighted by molar-refractivity contribution is -0.125. The van der Waals surface area contributed by atoms with Crippen LogP contribution >= 0.6 is 0 Å². The molecule has 2 N–H and O–H groups in total. The van der Waals surface area contributed by atoms with Gasteiger partial charge in [-0.05, 0) is 80.4 Å². The first-order valence-electron chi connectivity index (χ1n) is 9.67. The van der Waals surface area contributed by atoms with Gasteiger partial charge in [0.25, 0.3) is 5.91 Å². The van der Waals surface area contributed by atoms with Crippen molar-refractivity contribution < 1.29 is 19.5 Å². The minimum Gasteiger partial charge on any atom is -0.493 e. The summed E-state index contributed by atoms with van der Waals surface area (Å²) in [5.74, 6) is 2.72. The average molecular weight is 357 g/mol. The molecule has 5 heteroatoms. The Hall–Kier alpha value is -2.01. The molecule has 26 heavy (non-hydrogen) atoms. The largest absolute Gasteiger partial charge is 0.493 e. The van der Waals surface area contributed by atoms with E-state index in [1.54, 1.807) is 12.6 Å². The second-order valence-corrected chi connectivity index (χ2v) is 7.86. The molecule has 2 saturated carbocycles. The Balaban J connectivity index is 1.48. The summed E-state index contributed by atoms with van der Waals surface area (Å²) in [7, 11) is 1.69. The van der Waals surface area contributed by atoms with Crippen LogP contribution in [0.4, 0.5) is 0 Å². The summed E-state index contributed by atoms with van der Waals surface area (Å²) in [5.41, 5.74) is 3.78. The van der Waals surface area contributed by atoms with Gasteiger partial charge in [0.1, 0.15) is 0 Å². The lowest BCUT2D eigenvalue weighted by Crippen LogP contribution is -2.20. The molecule has 3 aliphatic carbocycles. The van der Waals surface area contributed by atoms with E-state index in [1.807, 2.05) is 6.07 Å². The minimum atomic E-state index is -0.354. The number of nitrogens with one attached hydrogen (secondary N) is 1. The number of rotatable bonds is 5. The fourth-order valence-corrected chi connectivity index (χ4v) is 4.94. The number of amides is 1. The maximum atomic E-state index is 11.6. The molecular formula is C21H27NO4. The molecular weight excluding hydrogens is 330 g/mol. The van der Waals surface area contributed by atoms with E-state index in [0.717, 1.165) is 49.2 Å². The van der Waals surface area contributed by atoms with Crippen molar-refractivity contribution in [3.8, 4) is 11.5 Å². The first-order chi connectivity index (χ1) is 12.7. The number of allylic oxidation sites excluding steroid dienone is 1. The molecule has 2 fully saturated rings. The van der Waals surface area contributed by atoms with Crippen LogP contribution in [0.15, 0.2) is 29.8 Å². The second-order valence-electron chi connectivity index (χ2n) is 7.86. The third-order valence-corrected chi connectivity index (χ3v) is 6.29. The summed E-state index contributed by atoms with van der Waals surface area (Å²) in [6, 6.07) is 6.33. The summed E-state index contributed by atoms with van der Waals surface area (Å²) < 4.78 is 11.7. The Bertz CT molecular complexity index is 708. The Kier molecular flexibility index (Phi) is 4.90. The van der Waals surface area contributed by atoms with Gasteiger partial charge >= 0.3 is 0 Å². The molecule has 0 saturated heterocycles. The van der Waals surface area contributed by atoms with Crippen molar-refractivity contribution in [3.05, 3.63) is 35.4 Å². The Labute approximate surface area is 154 Å². The summed E-state index contributed by atoms with van der Waals surface area (Å²) in [5, 5.41) is 8.82. The number of fused-ring (bicyclic) bond motifs is 1. The summed E-state index contributed by atoms with van der Waals surface area (Å²) >= 11 is 0. The molecule has 4 rings (SSSR count). The zero-order valence-corrected chi connectivity index (χ0v) is 15.2. The topological polar surface area (TPSA) is 67.8 Å². The van der Waals surface area contributed by atoms with E-state index in [4.69, 9.17) is 14.7 Å². The van der Waals surface area contributed by atoms with Crippen LogP contribution in [0.25, 0.3) is 0 Å². The summed E-state index contributed by atoms with van der Waals surface area (Å²) in [6.07, 6.45) is 9.97. The monoisotopic (exact) mass is 357 g/mol. The van der Waals surface area contributed by atoms with Crippen molar-refractivity contribution >= 4 is 5.91 Å². The van der Waals surface area contributed by atoms with E-state index < -0.39 is 0 Å². The molecule has 0 spiro atoms. The van der Waals surface area contributed by atoms with Crippen LogP contribution in [0.1, 0.15) is 56.4 Å². The van der Waals surface area contributed by atoms with E-state index in [1.165, 1.54) is 18.4 Å². The van der Waals surface area contributed by atoms with Crippen molar-refractivity contribution in [1.29, 1.82) is 0 Å². The lowest BCUT2D eigenvalue weighted by atomic mass is 9.94. The van der Waals surface area contributed by atoms with Crippen LogP contribution < -0.4 is 15.0 Å². The first kappa shape index (κ1) is 17.4. The van der Waals surface area contributed by atoms with Crippen LogP contribution in [0.2, 0.25) is 0 Å². The van der Waals surface area contributed by atoms with Gasteiger partial charge in [-0.25, -0.2) is 5.48 Å². The number of carbonyl (C=O) groups is 1. The molecule has 0 bridgehead atoms. The van der Waals surface area contributed by atoms with Gasteiger partial charge in [-0.15, -0.1) is 0 Å². The first-order valence-corrected chi connectivity index (χ1v) is 9.67. The number of carbonyl (C=O) groups excluding carboxylic acids is 1. The van der Waals surface area contributed by atoms with E-state index >= 15 is 0 Å². The Morgan fingerprint density at radius 3 is 2.69 bits per heavy atom. The van der Waals surface area contributed by atoms with Gasteiger partial charge < -0.3 is 9.47 Å². The summed E-state index contributed by atoms with van der Waals surface area (Å²) in [4.78, 5) is 11.6. The van der Waals surface area contributed by atoms with Gasteiger partial charge in [-0.2, -0.15) is 0 Å². The van der Waals surface area contributed by atoms with E-state index in [9.17, 15) is 4.79 Å². The number of hydrogen-bond acceptors (Lipinski definition) is 4. The highest BCUT2D eigenvalue weighted by Gasteiger charge is 2.39. The molecule has 3 aliphatic rings. The number of hydroxylamine groups is 1. The predicted octanol–water partition coefficient (Wildman–Crippen LogP) is 3.96. The van der Waals surface area contributed by atoms with Gasteiger partial charge in [0.05, 0.1) is 13.2 Å². The van der Waals surface area contributed by atoms with Crippen molar-refractivity contribution in [2.75, 3.05) is 7.11 Å².